The van der Waals surface area contributed by atoms with E-state index < -0.39 is 9.84 Å². The second kappa shape index (κ2) is 3.88. The summed E-state index contributed by atoms with van der Waals surface area (Å²) in [6.45, 7) is 4.13. The van der Waals surface area contributed by atoms with Crippen molar-refractivity contribution in [2.75, 3.05) is 6.26 Å². The van der Waals surface area contributed by atoms with Gasteiger partial charge in [-0.05, 0) is 41.9 Å². The summed E-state index contributed by atoms with van der Waals surface area (Å²) in [4.78, 5) is 0.520. The van der Waals surface area contributed by atoms with Gasteiger partial charge in [0.1, 0.15) is 0 Å². The molecule has 0 aromatic heterocycles. The Labute approximate surface area is 97.6 Å². The van der Waals surface area contributed by atoms with Crippen LogP contribution in [0.5, 0.6) is 0 Å². The van der Waals surface area contributed by atoms with Crippen molar-refractivity contribution < 1.29 is 8.42 Å². The number of rotatable bonds is 3. The van der Waals surface area contributed by atoms with E-state index in [1.54, 1.807) is 6.07 Å². The Bertz CT molecular complexity index is 497. The molecular formula is C13H18O2S. The van der Waals surface area contributed by atoms with Crippen molar-refractivity contribution in [3.63, 3.8) is 0 Å². The van der Waals surface area contributed by atoms with Crippen LogP contribution in [0.25, 0.3) is 0 Å². The average Bonchev–Trinajstić information content (AvgIpc) is 2.98. The van der Waals surface area contributed by atoms with Crippen LogP contribution in [0.2, 0.25) is 0 Å². The molecule has 1 aliphatic carbocycles. The molecule has 2 nitrogen and oxygen atoms in total. The first kappa shape index (κ1) is 11.6. The molecule has 88 valence electrons. The SMILES string of the molecule is CC(C)c1c(C2CC2)cccc1S(C)(=O)=O. The maximum Gasteiger partial charge on any atom is 0.175 e. The van der Waals surface area contributed by atoms with Crippen LogP contribution in [0.3, 0.4) is 0 Å². The summed E-state index contributed by atoms with van der Waals surface area (Å²) in [5.41, 5.74) is 2.28. The van der Waals surface area contributed by atoms with Crippen molar-refractivity contribution in [2.45, 2.75) is 43.4 Å². The fraction of sp³-hybridized carbons (Fsp3) is 0.538. The highest BCUT2D eigenvalue weighted by Gasteiger charge is 2.29. The molecule has 0 radical (unpaired) electrons. The molecule has 0 amide bonds. The summed E-state index contributed by atoms with van der Waals surface area (Å²) < 4.78 is 23.5. The van der Waals surface area contributed by atoms with Crippen LogP contribution in [0.4, 0.5) is 0 Å². The van der Waals surface area contributed by atoms with Crippen molar-refractivity contribution in [2.24, 2.45) is 0 Å². The summed E-state index contributed by atoms with van der Waals surface area (Å²) in [6, 6.07) is 5.69. The fourth-order valence-electron chi connectivity index (χ4n) is 2.25. The molecule has 1 aromatic rings. The second-order valence-corrected chi connectivity index (χ2v) is 6.94. The molecule has 1 fully saturated rings. The van der Waals surface area contributed by atoms with Gasteiger partial charge in [-0.2, -0.15) is 0 Å². The van der Waals surface area contributed by atoms with E-state index in [9.17, 15) is 8.42 Å². The summed E-state index contributed by atoms with van der Waals surface area (Å²) in [5, 5.41) is 0. The molecule has 0 aliphatic heterocycles. The van der Waals surface area contributed by atoms with Gasteiger partial charge in [0.2, 0.25) is 0 Å². The number of hydrogen-bond acceptors (Lipinski definition) is 2. The molecule has 0 spiro atoms. The lowest BCUT2D eigenvalue weighted by atomic mass is 9.94. The lowest BCUT2D eigenvalue weighted by molar-refractivity contribution is 0.599. The highest BCUT2D eigenvalue weighted by Crippen LogP contribution is 2.44. The van der Waals surface area contributed by atoms with Crippen molar-refractivity contribution in [1.82, 2.24) is 0 Å². The standard InChI is InChI=1S/C13H18O2S/c1-9(2)13-11(10-7-8-10)5-4-6-12(13)16(3,14)15/h4-6,9-10H,7-8H2,1-3H3. The molecule has 0 saturated heterocycles. The molecule has 0 bridgehead atoms. The fourth-order valence-corrected chi connectivity index (χ4v) is 3.33. The van der Waals surface area contributed by atoms with Gasteiger partial charge in [0.05, 0.1) is 4.90 Å². The average molecular weight is 238 g/mol. The zero-order valence-corrected chi connectivity index (χ0v) is 10.8. The summed E-state index contributed by atoms with van der Waals surface area (Å²) >= 11 is 0. The van der Waals surface area contributed by atoms with Crippen LogP contribution in [-0.2, 0) is 9.84 Å². The number of benzene rings is 1. The summed E-state index contributed by atoms with van der Waals surface area (Å²) in [5.74, 6) is 0.862. The third-order valence-corrected chi connectivity index (χ3v) is 4.25. The van der Waals surface area contributed by atoms with E-state index in [1.807, 2.05) is 6.07 Å². The molecular weight excluding hydrogens is 220 g/mol. The number of sulfone groups is 1. The third kappa shape index (κ3) is 2.14. The van der Waals surface area contributed by atoms with Crippen molar-refractivity contribution in [1.29, 1.82) is 0 Å². The van der Waals surface area contributed by atoms with E-state index in [1.165, 1.54) is 24.7 Å². The first-order chi connectivity index (χ1) is 7.41. The highest BCUT2D eigenvalue weighted by molar-refractivity contribution is 7.90. The van der Waals surface area contributed by atoms with Gasteiger partial charge in [0.15, 0.2) is 9.84 Å². The molecule has 1 aliphatic rings. The van der Waals surface area contributed by atoms with Gasteiger partial charge in [-0.3, -0.25) is 0 Å². The Morgan fingerprint density at radius 1 is 1.25 bits per heavy atom. The van der Waals surface area contributed by atoms with Crippen LogP contribution < -0.4 is 0 Å². The molecule has 0 heterocycles. The highest BCUT2D eigenvalue weighted by atomic mass is 32.2. The lowest BCUT2D eigenvalue weighted by Crippen LogP contribution is -2.06. The van der Waals surface area contributed by atoms with E-state index in [0.717, 1.165) is 5.56 Å². The third-order valence-electron chi connectivity index (χ3n) is 3.09. The molecule has 1 aromatic carbocycles. The topological polar surface area (TPSA) is 34.1 Å². The largest absolute Gasteiger partial charge is 0.224 e. The van der Waals surface area contributed by atoms with Gasteiger partial charge in [-0.1, -0.05) is 26.0 Å². The predicted octanol–water partition coefficient (Wildman–Crippen LogP) is 3.09. The first-order valence-corrected chi connectivity index (χ1v) is 7.63. The molecule has 16 heavy (non-hydrogen) atoms. The molecule has 2 rings (SSSR count). The monoisotopic (exact) mass is 238 g/mol. The van der Waals surface area contributed by atoms with Crippen molar-refractivity contribution in [3.05, 3.63) is 29.3 Å². The second-order valence-electron chi connectivity index (χ2n) is 4.96. The van der Waals surface area contributed by atoms with Gasteiger partial charge >= 0.3 is 0 Å². The lowest BCUT2D eigenvalue weighted by Gasteiger charge is -2.16. The molecule has 0 atom stereocenters. The van der Waals surface area contributed by atoms with E-state index in [2.05, 4.69) is 19.9 Å². The van der Waals surface area contributed by atoms with Crippen molar-refractivity contribution in [3.8, 4) is 0 Å². The summed E-state index contributed by atoms with van der Waals surface area (Å²) in [7, 11) is -3.11. The molecule has 1 saturated carbocycles. The van der Waals surface area contributed by atoms with Crippen LogP contribution in [-0.4, -0.2) is 14.7 Å². The van der Waals surface area contributed by atoms with Crippen LogP contribution in [0.15, 0.2) is 23.1 Å². The molecule has 0 N–H and O–H groups in total. The van der Waals surface area contributed by atoms with E-state index in [0.29, 0.717) is 10.8 Å². The number of hydrogen-bond donors (Lipinski definition) is 0. The van der Waals surface area contributed by atoms with Crippen LogP contribution in [0, 0.1) is 0 Å². The Morgan fingerprint density at radius 2 is 1.88 bits per heavy atom. The first-order valence-electron chi connectivity index (χ1n) is 5.74. The zero-order valence-electron chi connectivity index (χ0n) is 10.0. The minimum absolute atomic E-state index is 0.265. The summed E-state index contributed by atoms with van der Waals surface area (Å²) in [6.07, 6.45) is 3.70. The molecule has 3 heteroatoms. The van der Waals surface area contributed by atoms with Gasteiger partial charge in [0, 0.05) is 6.26 Å². The minimum atomic E-state index is -3.11. The smallest absolute Gasteiger partial charge is 0.175 e. The zero-order chi connectivity index (χ0) is 11.9. The molecule has 0 unspecified atom stereocenters. The van der Waals surface area contributed by atoms with E-state index in [-0.39, 0.29) is 5.92 Å². The van der Waals surface area contributed by atoms with Gasteiger partial charge in [-0.25, -0.2) is 8.42 Å². The quantitative estimate of drug-likeness (QED) is 0.811. The van der Waals surface area contributed by atoms with Crippen LogP contribution in [0.1, 0.15) is 49.7 Å². The Kier molecular flexibility index (Phi) is 2.82. The minimum Gasteiger partial charge on any atom is -0.224 e. The maximum atomic E-state index is 11.8. The van der Waals surface area contributed by atoms with Gasteiger partial charge < -0.3 is 0 Å². The predicted molar refractivity (Wildman–Crippen MR) is 65.6 cm³/mol. The van der Waals surface area contributed by atoms with E-state index in [4.69, 9.17) is 0 Å². The van der Waals surface area contributed by atoms with Gasteiger partial charge in [0.25, 0.3) is 0 Å². The van der Waals surface area contributed by atoms with E-state index >= 15 is 0 Å². The maximum absolute atomic E-state index is 11.8. The van der Waals surface area contributed by atoms with Gasteiger partial charge in [-0.15, -0.1) is 0 Å². The Hall–Kier alpha value is -0.830. The van der Waals surface area contributed by atoms with Crippen LogP contribution >= 0.6 is 0 Å². The normalized spacial score (nSPS) is 16.8. The van der Waals surface area contributed by atoms with Crippen molar-refractivity contribution >= 4 is 9.84 Å². The Balaban J connectivity index is 2.65. The Morgan fingerprint density at radius 3 is 2.31 bits per heavy atom.